The summed E-state index contributed by atoms with van der Waals surface area (Å²) in [7, 11) is 0. The molecule has 1 aliphatic carbocycles. The molecule has 1 saturated heterocycles. The van der Waals surface area contributed by atoms with E-state index in [1.165, 1.54) is 5.56 Å². The standard InChI is InChI=1S/C13H17N3O3/c17-12(18)6-9-7-16(4-5-19-9)13-10-2-1-3-11(10)14-8-15-13/h8-9H,1-7H2,(H,17,18). The number of morpholine rings is 1. The molecular formula is C13H17N3O3. The van der Waals surface area contributed by atoms with E-state index in [-0.39, 0.29) is 12.5 Å². The number of aliphatic carboxylic acids is 1. The van der Waals surface area contributed by atoms with Crippen molar-refractivity contribution in [3.8, 4) is 0 Å². The summed E-state index contributed by atoms with van der Waals surface area (Å²) in [6.07, 6.45) is 4.58. The van der Waals surface area contributed by atoms with Crippen LogP contribution in [0.15, 0.2) is 6.33 Å². The van der Waals surface area contributed by atoms with Crippen molar-refractivity contribution < 1.29 is 14.6 Å². The third kappa shape index (κ3) is 2.53. The van der Waals surface area contributed by atoms with E-state index in [4.69, 9.17) is 9.84 Å². The molecular weight excluding hydrogens is 246 g/mol. The zero-order valence-corrected chi connectivity index (χ0v) is 10.7. The zero-order chi connectivity index (χ0) is 13.2. The van der Waals surface area contributed by atoms with Gasteiger partial charge in [0.15, 0.2) is 0 Å². The van der Waals surface area contributed by atoms with Gasteiger partial charge in [-0.15, -0.1) is 0 Å². The number of fused-ring (bicyclic) bond motifs is 1. The number of aryl methyl sites for hydroxylation is 1. The highest BCUT2D eigenvalue weighted by Crippen LogP contribution is 2.29. The van der Waals surface area contributed by atoms with Gasteiger partial charge in [-0.2, -0.15) is 0 Å². The van der Waals surface area contributed by atoms with Crippen LogP contribution in [0.4, 0.5) is 5.82 Å². The number of carboxylic acids is 1. The van der Waals surface area contributed by atoms with E-state index in [1.807, 2.05) is 0 Å². The first-order valence-electron chi connectivity index (χ1n) is 6.65. The molecule has 0 aromatic carbocycles. The van der Waals surface area contributed by atoms with Crippen LogP contribution in [0.5, 0.6) is 0 Å². The van der Waals surface area contributed by atoms with Gasteiger partial charge in [0.05, 0.1) is 19.1 Å². The molecule has 1 fully saturated rings. The zero-order valence-electron chi connectivity index (χ0n) is 10.7. The molecule has 0 spiro atoms. The van der Waals surface area contributed by atoms with E-state index < -0.39 is 5.97 Å². The number of rotatable bonds is 3. The van der Waals surface area contributed by atoms with Crippen LogP contribution in [-0.4, -0.2) is 46.8 Å². The second kappa shape index (κ2) is 5.13. The highest BCUT2D eigenvalue weighted by molar-refractivity contribution is 5.67. The molecule has 0 amide bonds. The lowest BCUT2D eigenvalue weighted by atomic mass is 10.1. The molecule has 6 heteroatoms. The number of aromatic nitrogens is 2. The molecule has 1 aliphatic heterocycles. The second-order valence-electron chi connectivity index (χ2n) is 5.01. The van der Waals surface area contributed by atoms with Gasteiger partial charge in [-0.25, -0.2) is 9.97 Å². The summed E-state index contributed by atoms with van der Waals surface area (Å²) < 4.78 is 5.49. The minimum absolute atomic E-state index is 0.0454. The maximum absolute atomic E-state index is 10.8. The highest BCUT2D eigenvalue weighted by Gasteiger charge is 2.27. The SMILES string of the molecule is O=C(O)CC1CN(c2ncnc3c2CCC3)CCO1. The van der Waals surface area contributed by atoms with Crippen LogP contribution in [-0.2, 0) is 22.4 Å². The van der Waals surface area contributed by atoms with Gasteiger partial charge in [-0.3, -0.25) is 4.79 Å². The third-order valence-corrected chi connectivity index (χ3v) is 3.69. The van der Waals surface area contributed by atoms with Crippen molar-refractivity contribution in [1.29, 1.82) is 0 Å². The lowest BCUT2D eigenvalue weighted by Gasteiger charge is -2.34. The van der Waals surface area contributed by atoms with Crippen LogP contribution in [0.3, 0.4) is 0 Å². The number of hydrogen-bond donors (Lipinski definition) is 1. The Hall–Kier alpha value is -1.69. The van der Waals surface area contributed by atoms with Crippen molar-refractivity contribution in [3.63, 3.8) is 0 Å². The average Bonchev–Trinajstić information content (AvgIpc) is 2.86. The Labute approximate surface area is 111 Å². The van der Waals surface area contributed by atoms with Crippen molar-refractivity contribution >= 4 is 11.8 Å². The Morgan fingerprint density at radius 3 is 3.21 bits per heavy atom. The molecule has 0 bridgehead atoms. The van der Waals surface area contributed by atoms with Crippen LogP contribution in [0.25, 0.3) is 0 Å². The Kier molecular flexibility index (Phi) is 3.33. The number of hydrogen-bond acceptors (Lipinski definition) is 5. The fourth-order valence-electron chi connectivity index (χ4n) is 2.84. The monoisotopic (exact) mass is 263 g/mol. The van der Waals surface area contributed by atoms with Crippen LogP contribution >= 0.6 is 0 Å². The molecule has 0 saturated carbocycles. The Morgan fingerprint density at radius 1 is 1.47 bits per heavy atom. The molecule has 1 N–H and O–H groups in total. The van der Waals surface area contributed by atoms with Crippen LogP contribution in [0.2, 0.25) is 0 Å². The van der Waals surface area contributed by atoms with E-state index in [9.17, 15) is 4.79 Å². The van der Waals surface area contributed by atoms with Crippen LogP contribution < -0.4 is 4.90 Å². The van der Waals surface area contributed by atoms with Crippen LogP contribution in [0, 0.1) is 0 Å². The molecule has 1 atom stereocenters. The molecule has 1 unspecified atom stereocenters. The van der Waals surface area contributed by atoms with Crippen LogP contribution in [0.1, 0.15) is 24.1 Å². The van der Waals surface area contributed by atoms with Crippen molar-refractivity contribution in [1.82, 2.24) is 9.97 Å². The van der Waals surface area contributed by atoms with Crippen molar-refractivity contribution in [2.75, 3.05) is 24.6 Å². The number of ether oxygens (including phenoxy) is 1. The smallest absolute Gasteiger partial charge is 0.306 e. The van der Waals surface area contributed by atoms with Gasteiger partial charge >= 0.3 is 5.97 Å². The summed E-state index contributed by atoms with van der Waals surface area (Å²) >= 11 is 0. The fourth-order valence-corrected chi connectivity index (χ4v) is 2.84. The largest absolute Gasteiger partial charge is 0.481 e. The molecule has 1 aromatic heterocycles. The van der Waals surface area contributed by atoms with Crippen molar-refractivity contribution in [2.24, 2.45) is 0 Å². The van der Waals surface area contributed by atoms with Gasteiger partial charge in [0.2, 0.25) is 0 Å². The molecule has 1 aromatic rings. The minimum Gasteiger partial charge on any atom is -0.481 e. The molecule has 19 heavy (non-hydrogen) atoms. The summed E-state index contributed by atoms with van der Waals surface area (Å²) in [6, 6.07) is 0. The summed E-state index contributed by atoms with van der Waals surface area (Å²) in [6.45, 7) is 1.91. The maximum atomic E-state index is 10.8. The molecule has 6 nitrogen and oxygen atoms in total. The van der Waals surface area contributed by atoms with Gasteiger partial charge in [0, 0.05) is 24.3 Å². The Balaban J connectivity index is 1.78. The highest BCUT2D eigenvalue weighted by atomic mass is 16.5. The van der Waals surface area contributed by atoms with E-state index in [2.05, 4.69) is 14.9 Å². The quantitative estimate of drug-likeness (QED) is 0.862. The van der Waals surface area contributed by atoms with Gasteiger partial charge in [0.25, 0.3) is 0 Å². The van der Waals surface area contributed by atoms with E-state index in [0.29, 0.717) is 13.2 Å². The van der Waals surface area contributed by atoms with E-state index >= 15 is 0 Å². The first-order valence-corrected chi connectivity index (χ1v) is 6.65. The summed E-state index contributed by atoms with van der Waals surface area (Å²) in [4.78, 5) is 21.6. The number of carbonyl (C=O) groups is 1. The predicted octanol–water partition coefficient (Wildman–Crippen LogP) is 0.645. The summed E-state index contributed by atoms with van der Waals surface area (Å²) in [5.41, 5.74) is 2.38. The third-order valence-electron chi connectivity index (χ3n) is 3.69. The number of nitrogens with zero attached hydrogens (tertiary/aromatic N) is 3. The summed E-state index contributed by atoms with van der Waals surface area (Å²) in [5.74, 6) is 0.154. The average molecular weight is 263 g/mol. The second-order valence-corrected chi connectivity index (χ2v) is 5.01. The van der Waals surface area contributed by atoms with Gasteiger partial charge in [0.1, 0.15) is 12.1 Å². The molecule has 102 valence electrons. The van der Waals surface area contributed by atoms with Crippen molar-refractivity contribution in [3.05, 3.63) is 17.6 Å². The van der Waals surface area contributed by atoms with Gasteiger partial charge in [-0.1, -0.05) is 0 Å². The number of carboxylic acid groups (broad SMARTS) is 1. The molecule has 0 radical (unpaired) electrons. The molecule has 3 rings (SSSR count). The lowest BCUT2D eigenvalue weighted by molar-refractivity contribution is -0.140. The van der Waals surface area contributed by atoms with Gasteiger partial charge < -0.3 is 14.7 Å². The maximum Gasteiger partial charge on any atom is 0.306 e. The topological polar surface area (TPSA) is 75.5 Å². The lowest BCUT2D eigenvalue weighted by Crippen LogP contribution is -2.44. The Bertz CT molecular complexity index is 492. The molecule has 2 aliphatic rings. The van der Waals surface area contributed by atoms with Crippen molar-refractivity contribution in [2.45, 2.75) is 31.8 Å². The normalized spacial score (nSPS) is 22.3. The van der Waals surface area contributed by atoms with E-state index in [1.54, 1.807) is 6.33 Å². The Morgan fingerprint density at radius 2 is 2.37 bits per heavy atom. The first-order chi connectivity index (χ1) is 9.24. The summed E-state index contributed by atoms with van der Waals surface area (Å²) in [5, 5.41) is 8.85. The van der Waals surface area contributed by atoms with Gasteiger partial charge in [-0.05, 0) is 19.3 Å². The minimum atomic E-state index is -0.820. The first kappa shape index (κ1) is 12.3. The predicted molar refractivity (Wildman–Crippen MR) is 68.3 cm³/mol. The fraction of sp³-hybridized carbons (Fsp3) is 0.615. The van der Waals surface area contributed by atoms with E-state index in [0.717, 1.165) is 37.3 Å². The number of anilines is 1. The molecule has 2 heterocycles.